The highest BCUT2D eigenvalue weighted by Gasteiger charge is 2.03. The average molecular weight is 188 g/mol. The van der Waals surface area contributed by atoms with Crippen LogP contribution >= 0.6 is 0 Å². The third kappa shape index (κ3) is 6.31. The van der Waals surface area contributed by atoms with Gasteiger partial charge in [0.1, 0.15) is 6.61 Å². The first-order valence-electron chi connectivity index (χ1n) is 4.28. The van der Waals surface area contributed by atoms with E-state index >= 15 is 0 Å². The highest BCUT2D eigenvalue weighted by atomic mass is 16.5. The number of esters is 1. The van der Waals surface area contributed by atoms with Crippen molar-refractivity contribution in [3.63, 3.8) is 0 Å². The summed E-state index contributed by atoms with van der Waals surface area (Å²) in [7, 11) is 0. The Morgan fingerprint density at radius 2 is 2.08 bits per heavy atom. The molecule has 0 rings (SSSR count). The predicted octanol–water partition coefficient (Wildman–Crippen LogP) is 0.241. The minimum Gasteiger partial charge on any atom is -0.460 e. The summed E-state index contributed by atoms with van der Waals surface area (Å²) < 4.78 is 4.66. The standard InChI is InChI=1S/C9H16O4/c1-8(4-2-3-5-10)9(12)13-7-6-11/h4,10-11H,2-3,5-7H2,1H3. The molecule has 0 unspecified atom stereocenters. The molecule has 0 spiro atoms. The van der Waals surface area contributed by atoms with Crippen LogP contribution in [0.4, 0.5) is 0 Å². The van der Waals surface area contributed by atoms with Gasteiger partial charge in [-0.2, -0.15) is 0 Å². The smallest absolute Gasteiger partial charge is 0.333 e. The molecule has 13 heavy (non-hydrogen) atoms. The van der Waals surface area contributed by atoms with E-state index in [9.17, 15) is 4.79 Å². The number of carbonyl (C=O) groups excluding carboxylic acids is 1. The van der Waals surface area contributed by atoms with Crippen LogP contribution in [-0.4, -0.2) is 36.0 Å². The summed E-state index contributed by atoms with van der Waals surface area (Å²) >= 11 is 0. The van der Waals surface area contributed by atoms with Crippen LogP contribution in [0.2, 0.25) is 0 Å². The van der Waals surface area contributed by atoms with Gasteiger partial charge in [0, 0.05) is 12.2 Å². The van der Waals surface area contributed by atoms with Gasteiger partial charge < -0.3 is 14.9 Å². The van der Waals surface area contributed by atoms with Gasteiger partial charge in [0.25, 0.3) is 0 Å². The van der Waals surface area contributed by atoms with E-state index in [0.29, 0.717) is 18.4 Å². The summed E-state index contributed by atoms with van der Waals surface area (Å²) in [5.74, 6) is -0.410. The molecule has 0 saturated heterocycles. The molecule has 4 nitrogen and oxygen atoms in total. The zero-order chi connectivity index (χ0) is 10.1. The monoisotopic (exact) mass is 188 g/mol. The fourth-order valence-corrected chi connectivity index (χ4v) is 0.745. The highest BCUT2D eigenvalue weighted by Crippen LogP contribution is 2.00. The summed E-state index contributed by atoms with van der Waals surface area (Å²) in [4.78, 5) is 11.0. The predicted molar refractivity (Wildman–Crippen MR) is 48.1 cm³/mol. The van der Waals surface area contributed by atoms with Crippen molar-refractivity contribution >= 4 is 5.97 Å². The van der Waals surface area contributed by atoms with Gasteiger partial charge in [-0.1, -0.05) is 6.08 Å². The lowest BCUT2D eigenvalue weighted by molar-refractivity contribution is -0.139. The van der Waals surface area contributed by atoms with Crippen LogP contribution in [0, 0.1) is 0 Å². The molecule has 0 saturated carbocycles. The van der Waals surface area contributed by atoms with Crippen LogP contribution in [0.1, 0.15) is 19.8 Å². The first-order chi connectivity index (χ1) is 6.22. The lowest BCUT2D eigenvalue weighted by Crippen LogP contribution is -2.09. The number of aliphatic hydroxyl groups excluding tert-OH is 2. The van der Waals surface area contributed by atoms with Gasteiger partial charge >= 0.3 is 5.97 Å². The van der Waals surface area contributed by atoms with Crippen LogP contribution in [0.15, 0.2) is 11.6 Å². The number of rotatable bonds is 6. The second-order valence-corrected chi connectivity index (χ2v) is 2.61. The van der Waals surface area contributed by atoms with E-state index in [-0.39, 0.29) is 19.8 Å². The fourth-order valence-electron chi connectivity index (χ4n) is 0.745. The van der Waals surface area contributed by atoms with Crippen molar-refractivity contribution in [2.45, 2.75) is 19.8 Å². The topological polar surface area (TPSA) is 66.8 Å². The van der Waals surface area contributed by atoms with E-state index in [2.05, 4.69) is 4.74 Å². The quantitative estimate of drug-likeness (QED) is 0.356. The molecule has 0 bridgehead atoms. The Labute approximate surface area is 77.8 Å². The van der Waals surface area contributed by atoms with Crippen molar-refractivity contribution in [1.29, 1.82) is 0 Å². The summed E-state index contributed by atoms with van der Waals surface area (Å²) in [6, 6.07) is 0. The number of hydrogen-bond acceptors (Lipinski definition) is 4. The Hall–Kier alpha value is -0.870. The maximum atomic E-state index is 11.0. The molecular formula is C9H16O4. The van der Waals surface area contributed by atoms with Crippen LogP contribution in [-0.2, 0) is 9.53 Å². The third-order valence-corrected chi connectivity index (χ3v) is 1.46. The molecular weight excluding hydrogens is 172 g/mol. The zero-order valence-corrected chi connectivity index (χ0v) is 7.82. The summed E-state index contributed by atoms with van der Waals surface area (Å²) in [6.45, 7) is 1.65. The largest absolute Gasteiger partial charge is 0.460 e. The van der Waals surface area contributed by atoms with Crippen molar-refractivity contribution in [2.75, 3.05) is 19.8 Å². The SMILES string of the molecule is CC(=CCCCO)C(=O)OCCO. The summed E-state index contributed by atoms with van der Waals surface area (Å²) in [5.41, 5.74) is 0.516. The van der Waals surface area contributed by atoms with E-state index in [1.54, 1.807) is 13.0 Å². The molecule has 4 heteroatoms. The van der Waals surface area contributed by atoms with E-state index in [1.807, 2.05) is 0 Å². The minimum absolute atomic E-state index is 0.0318. The molecule has 0 aliphatic carbocycles. The maximum absolute atomic E-state index is 11.0. The van der Waals surface area contributed by atoms with Gasteiger partial charge in [-0.25, -0.2) is 4.79 Å². The van der Waals surface area contributed by atoms with Gasteiger partial charge in [0.05, 0.1) is 6.61 Å². The number of unbranched alkanes of at least 4 members (excludes halogenated alkanes) is 1. The molecule has 0 aliphatic rings. The summed E-state index contributed by atoms with van der Waals surface area (Å²) in [5, 5.41) is 16.9. The average Bonchev–Trinajstić information content (AvgIpc) is 2.14. The van der Waals surface area contributed by atoms with Crippen molar-refractivity contribution in [3.05, 3.63) is 11.6 Å². The van der Waals surface area contributed by atoms with E-state index in [0.717, 1.165) is 0 Å². The van der Waals surface area contributed by atoms with Crippen molar-refractivity contribution < 1.29 is 19.7 Å². The Kier molecular flexibility index (Phi) is 7.24. The van der Waals surface area contributed by atoms with Gasteiger partial charge in [-0.05, 0) is 19.8 Å². The van der Waals surface area contributed by atoms with Crippen molar-refractivity contribution in [2.24, 2.45) is 0 Å². The van der Waals surface area contributed by atoms with Gasteiger partial charge in [0.15, 0.2) is 0 Å². The fraction of sp³-hybridized carbons (Fsp3) is 0.667. The Bertz CT molecular complexity index is 174. The molecule has 0 heterocycles. The van der Waals surface area contributed by atoms with Crippen LogP contribution in [0.25, 0.3) is 0 Å². The lowest BCUT2D eigenvalue weighted by Gasteiger charge is -2.01. The van der Waals surface area contributed by atoms with Crippen molar-refractivity contribution in [1.82, 2.24) is 0 Å². The van der Waals surface area contributed by atoms with Crippen LogP contribution in [0.5, 0.6) is 0 Å². The number of ether oxygens (including phenoxy) is 1. The molecule has 0 radical (unpaired) electrons. The maximum Gasteiger partial charge on any atom is 0.333 e. The van der Waals surface area contributed by atoms with Gasteiger partial charge in [0.2, 0.25) is 0 Å². The molecule has 0 aromatic rings. The van der Waals surface area contributed by atoms with Gasteiger partial charge in [-0.15, -0.1) is 0 Å². The number of aliphatic hydroxyl groups is 2. The highest BCUT2D eigenvalue weighted by molar-refractivity contribution is 5.87. The van der Waals surface area contributed by atoms with Crippen molar-refractivity contribution in [3.8, 4) is 0 Å². The lowest BCUT2D eigenvalue weighted by atomic mass is 10.2. The van der Waals surface area contributed by atoms with E-state index in [1.165, 1.54) is 0 Å². The Morgan fingerprint density at radius 3 is 2.62 bits per heavy atom. The van der Waals surface area contributed by atoms with Gasteiger partial charge in [-0.3, -0.25) is 0 Å². The number of carbonyl (C=O) groups is 1. The molecule has 0 aromatic heterocycles. The minimum atomic E-state index is -0.410. The van der Waals surface area contributed by atoms with Crippen LogP contribution in [0.3, 0.4) is 0 Å². The second kappa shape index (κ2) is 7.76. The van der Waals surface area contributed by atoms with E-state index < -0.39 is 5.97 Å². The second-order valence-electron chi connectivity index (χ2n) is 2.61. The molecule has 0 atom stereocenters. The number of hydrogen-bond donors (Lipinski definition) is 2. The molecule has 0 amide bonds. The summed E-state index contributed by atoms with van der Waals surface area (Å²) in [6.07, 6.45) is 3.02. The first-order valence-corrected chi connectivity index (χ1v) is 4.28. The zero-order valence-electron chi connectivity index (χ0n) is 7.82. The molecule has 76 valence electrons. The first kappa shape index (κ1) is 12.1. The molecule has 0 aromatic carbocycles. The third-order valence-electron chi connectivity index (χ3n) is 1.46. The number of allylic oxidation sites excluding steroid dienone is 1. The molecule has 2 N–H and O–H groups in total. The molecule has 0 fully saturated rings. The Morgan fingerprint density at radius 1 is 1.38 bits per heavy atom. The molecule has 0 aliphatic heterocycles. The van der Waals surface area contributed by atoms with Crippen LogP contribution < -0.4 is 0 Å². The normalized spacial score (nSPS) is 11.5. The van der Waals surface area contributed by atoms with E-state index in [4.69, 9.17) is 10.2 Å². The Balaban J connectivity index is 3.72.